The summed E-state index contributed by atoms with van der Waals surface area (Å²) in [6.07, 6.45) is 14.8. The van der Waals surface area contributed by atoms with Crippen LogP contribution in [0, 0.1) is 45.3 Å². The van der Waals surface area contributed by atoms with Gasteiger partial charge >= 0.3 is 0 Å². The van der Waals surface area contributed by atoms with Crippen molar-refractivity contribution < 1.29 is 5.11 Å². The molecule has 9 atom stereocenters. The number of hydrogen-bond acceptors (Lipinski definition) is 1. The molecule has 1 nitrogen and oxygen atoms in total. The molecule has 0 heterocycles. The van der Waals surface area contributed by atoms with Gasteiger partial charge in [-0.1, -0.05) is 71.9 Å². The van der Waals surface area contributed by atoms with E-state index in [1.807, 2.05) is 0 Å². The molecule has 0 radical (unpaired) electrons. The lowest BCUT2D eigenvalue weighted by molar-refractivity contribution is -0.0421. The highest BCUT2D eigenvalue weighted by atomic mass is 16.3. The molecule has 0 aliphatic heterocycles. The van der Waals surface area contributed by atoms with E-state index in [1.54, 1.807) is 5.57 Å². The van der Waals surface area contributed by atoms with Gasteiger partial charge in [0.25, 0.3) is 0 Å². The molecule has 4 rings (SSSR count). The summed E-state index contributed by atoms with van der Waals surface area (Å²) in [7, 11) is 0. The van der Waals surface area contributed by atoms with Crippen LogP contribution < -0.4 is 0 Å². The summed E-state index contributed by atoms with van der Waals surface area (Å²) < 4.78 is 0. The van der Waals surface area contributed by atoms with E-state index in [0.717, 1.165) is 36.7 Å². The Hall–Kier alpha value is -0.820. The van der Waals surface area contributed by atoms with Gasteiger partial charge in [-0.25, -0.2) is 0 Å². The molecule has 3 fully saturated rings. The molecule has 1 N–H and O–H groups in total. The summed E-state index contributed by atoms with van der Waals surface area (Å²) in [6.45, 7) is 26.1. The van der Waals surface area contributed by atoms with Crippen molar-refractivity contribution in [1.82, 2.24) is 0 Å². The summed E-state index contributed by atoms with van der Waals surface area (Å²) in [5.41, 5.74) is 5.60. The van der Waals surface area contributed by atoms with E-state index in [0.29, 0.717) is 28.1 Å². The number of allylic oxidation sites excluding steroid dienone is 3. The van der Waals surface area contributed by atoms with E-state index in [1.165, 1.54) is 50.5 Å². The molecule has 4 aliphatic rings. The molecule has 4 aliphatic carbocycles. The maximum atomic E-state index is 10.5. The fourth-order valence-corrected chi connectivity index (χ4v) is 9.33. The molecular weight excluding hydrogens is 400 g/mol. The van der Waals surface area contributed by atoms with Gasteiger partial charge in [0.1, 0.15) is 0 Å². The van der Waals surface area contributed by atoms with E-state index < -0.39 is 0 Å². The minimum atomic E-state index is -0.285. The lowest BCUT2D eigenvalue weighted by atomic mass is 9.43. The summed E-state index contributed by atoms with van der Waals surface area (Å²) in [6, 6.07) is 0. The number of rotatable bonds is 6. The van der Waals surface area contributed by atoms with Gasteiger partial charge in [-0.15, -0.1) is 0 Å². The third-order valence-corrected chi connectivity index (χ3v) is 12.6. The summed E-state index contributed by atoms with van der Waals surface area (Å²) in [4.78, 5) is 0. The van der Waals surface area contributed by atoms with E-state index in [4.69, 9.17) is 0 Å². The van der Waals surface area contributed by atoms with E-state index in [-0.39, 0.29) is 11.5 Å². The Morgan fingerprint density at radius 1 is 1.15 bits per heavy atom. The Bertz CT molecular complexity index is 835. The minimum Gasteiger partial charge on any atom is -0.389 e. The monoisotopic (exact) mass is 452 g/mol. The number of fused-ring (bicyclic) bond motifs is 5. The number of hydrogen-bond donors (Lipinski definition) is 1. The van der Waals surface area contributed by atoms with Gasteiger partial charge in [-0.3, -0.25) is 0 Å². The lowest BCUT2D eigenvalue weighted by Crippen LogP contribution is -2.54. The first-order valence-electron chi connectivity index (χ1n) is 14.1. The summed E-state index contributed by atoms with van der Waals surface area (Å²) in [5, 5.41) is 10.5. The Morgan fingerprint density at radius 2 is 1.85 bits per heavy atom. The normalized spacial score (nSPS) is 45.3. The van der Waals surface area contributed by atoms with Crippen molar-refractivity contribution in [3.8, 4) is 0 Å². The van der Waals surface area contributed by atoms with Gasteiger partial charge in [-0.05, 0) is 122 Å². The zero-order valence-electron chi connectivity index (χ0n) is 22.9. The first-order valence-corrected chi connectivity index (χ1v) is 14.1. The highest BCUT2D eigenvalue weighted by molar-refractivity contribution is 5.35. The van der Waals surface area contributed by atoms with E-state index in [9.17, 15) is 5.11 Å². The second-order valence-electron chi connectivity index (χ2n) is 13.8. The van der Waals surface area contributed by atoms with Gasteiger partial charge in [-0.2, -0.15) is 0 Å². The average molecular weight is 453 g/mol. The largest absolute Gasteiger partial charge is 0.389 e. The molecule has 186 valence electrons. The molecule has 9 unspecified atom stereocenters. The van der Waals surface area contributed by atoms with E-state index in [2.05, 4.69) is 67.7 Å². The van der Waals surface area contributed by atoms with Crippen molar-refractivity contribution in [1.29, 1.82) is 0 Å². The minimum absolute atomic E-state index is 0.285. The quantitative estimate of drug-likeness (QED) is 0.399. The van der Waals surface area contributed by atoms with Crippen LogP contribution in [0.1, 0.15) is 113 Å². The van der Waals surface area contributed by atoms with Crippen LogP contribution in [0.2, 0.25) is 0 Å². The van der Waals surface area contributed by atoms with Crippen molar-refractivity contribution in [2.75, 3.05) is 0 Å². The Labute approximate surface area is 205 Å². The Balaban J connectivity index is 1.58. The highest BCUT2D eigenvalue weighted by Gasteiger charge is 2.63. The smallest absolute Gasteiger partial charge is 0.0750 e. The van der Waals surface area contributed by atoms with Gasteiger partial charge in [0.05, 0.1) is 6.10 Å². The van der Waals surface area contributed by atoms with Crippen LogP contribution in [0.15, 0.2) is 36.0 Å². The van der Waals surface area contributed by atoms with Crippen molar-refractivity contribution in [2.24, 2.45) is 45.3 Å². The summed E-state index contributed by atoms with van der Waals surface area (Å²) in [5.74, 6) is 2.74. The number of aliphatic hydroxyl groups excluding tert-OH is 1. The van der Waals surface area contributed by atoms with Crippen LogP contribution >= 0.6 is 0 Å². The predicted molar refractivity (Wildman–Crippen MR) is 142 cm³/mol. The fraction of sp³-hybridized carbons (Fsp3) is 0.812. The lowest BCUT2D eigenvalue weighted by Gasteiger charge is -2.61. The van der Waals surface area contributed by atoms with Crippen LogP contribution in [0.4, 0.5) is 0 Å². The standard InChI is InChI=1S/C32H52O/c1-10-29(6,21(2)3)17-13-22(4)24-14-19-32(9)27-12-11-25-23(5)28(33)16-18-30(25,7)26(27)15-20-31(24,32)8/h12,22,24-26,28,33H,2,5,10-11,13-20H2,1,3-4,6-9H3. The van der Waals surface area contributed by atoms with Gasteiger partial charge in [0.2, 0.25) is 0 Å². The van der Waals surface area contributed by atoms with Gasteiger partial charge in [0, 0.05) is 0 Å². The maximum Gasteiger partial charge on any atom is 0.0750 e. The average Bonchev–Trinajstić information content (AvgIpc) is 3.06. The van der Waals surface area contributed by atoms with Crippen LogP contribution in [0.5, 0.6) is 0 Å². The first kappa shape index (κ1) is 25.3. The molecule has 0 spiro atoms. The molecule has 33 heavy (non-hydrogen) atoms. The Morgan fingerprint density at radius 3 is 2.48 bits per heavy atom. The zero-order chi connectivity index (χ0) is 24.4. The molecule has 0 bridgehead atoms. The fourth-order valence-electron chi connectivity index (χ4n) is 9.33. The van der Waals surface area contributed by atoms with Crippen LogP contribution in [-0.2, 0) is 0 Å². The molecule has 1 heteroatoms. The molecule has 3 saturated carbocycles. The zero-order valence-corrected chi connectivity index (χ0v) is 22.9. The molecule has 0 aromatic carbocycles. The molecule has 0 saturated heterocycles. The van der Waals surface area contributed by atoms with Crippen molar-refractivity contribution in [2.45, 2.75) is 119 Å². The Kier molecular flexibility index (Phi) is 6.43. The topological polar surface area (TPSA) is 20.2 Å². The van der Waals surface area contributed by atoms with Crippen molar-refractivity contribution in [3.05, 3.63) is 36.0 Å². The molecule has 0 aromatic heterocycles. The van der Waals surface area contributed by atoms with E-state index >= 15 is 0 Å². The molecule has 0 aromatic rings. The van der Waals surface area contributed by atoms with Crippen molar-refractivity contribution >= 4 is 0 Å². The van der Waals surface area contributed by atoms with Crippen LogP contribution in [0.25, 0.3) is 0 Å². The summed E-state index contributed by atoms with van der Waals surface area (Å²) >= 11 is 0. The number of aliphatic hydroxyl groups is 1. The highest BCUT2D eigenvalue weighted by Crippen LogP contribution is 2.72. The third kappa shape index (κ3) is 3.57. The van der Waals surface area contributed by atoms with Crippen LogP contribution in [-0.4, -0.2) is 11.2 Å². The SMILES string of the molecule is C=C1C(O)CCC2(C)C1CC=C1C2CCC2(C)C(C(C)CCC(C)(CC)C(=C)C)CCC12C. The molecule has 0 amide bonds. The van der Waals surface area contributed by atoms with Crippen molar-refractivity contribution in [3.63, 3.8) is 0 Å². The van der Waals surface area contributed by atoms with Gasteiger partial charge < -0.3 is 5.11 Å². The first-order chi connectivity index (χ1) is 15.3. The predicted octanol–water partition coefficient (Wildman–Crippen LogP) is 8.89. The third-order valence-electron chi connectivity index (χ3n) is 12.6. The maximum absolute atomic E-state index is 10.5. The second-order valence-corrected chi connectivity index (χ2v) is 13.8. The van der Waals surface area contributed by atoms with Crippen LogP contribution in [0.3, 0.4) is 0 Å². The molecular formula is C32H52O. The second kappa shape index (κ2) is 8.39. The van der Waals surface area contributed by atoms with Gasteiger partial charge in [0.15, 0.2) is 0 Å².